The summed E-state index contributed by atoms with van der Waals surface area (Å²) in [7, 11) is 0. The van der Waals surface area contributed by atoms with Gasteiger partial charge in [0.05, 0.1) is 25.6 Å². The summed E-state index contributed by atoms with van der Waals surface area (Å²) in [5, 5.41) is 2.49. The minimum atomic E-state index is -2.68. The van der Waals surface area contributed by atoms with Crippen molar-refractivity contribution in [1.82, 2.24) is 9.97 Å². The number of carbonyl (C=O) groups excluding carboxylic acids is 1. The molecule has 2 aromatic rings. The van der Waals surface area contributed by atoms with Crippen LogP contribution in [0.2, 0.25) is 0 Å². The number of nitrogens with zero attached hydrogens (tertiary/aromatic N) is 3. The third-order valence-corrected chi connectivity index (χ3v) is 5.02. The van der Waals surface area contributed by atoms with E-state index >= 15 is 4.39 Å². The third kappa shape index (κ3) is 3.90. The Kier molecular flexibility index (Phi) is 5.59. The summed E-state index contributed by atoms with van der Waals surface area (Å²) in [5.41, 5.74) is 1.49. The fraction of sp³-hybridized carbons (Fsp3) is 0.368. The number of amides is 1. The van der Waals surface area contributed by atoms with Gasteiger partial charge in [0, 0.05) is 11.3 Å². The number of hydrogen-bond acceptors (Lipinski definition) is 8. The number of hydrogen-bond donors (Lipinski definition) is 2. The van der Waals surface area contributed by atoms with Crippen molar-refractivity contribution in [2.24, 2.45) is 10.7 Å². The Labute approximate surface area is 178 Å². The van der Waals surface area contributed by atoms with Crippen LogP contribution >= 0.6 is 0 Å². The van der Waals surface area contributed by atoms with Crippen LogP contribution in [0.15, 0.2) is 35.6 Å². The lowest BCUT2D eigenvalue weighted by Gasteiger charge is -2.38. The number of carbonyl (C=O) groups is 1. The number of amidine groups is 1. The first-order chi connectivity index (χ1) is 15.2. The molecule has 170 valence electrons. The molecular weight excluding hydrogens is 438 g/mol. The van der Waals surface area contributed by atoms with E-state index in [0.29, 0.717) is 0 Å². The molecule has 0 saturated carbocycles. The maximum absolute atomic E-state index is 15.5. The van der Waals surface area contributed by atoms with Crippen LogP contribution in [0.1, 0.15) is 16.1 Å². The number of alkyl halides is 3. The summed E-state index contributed by atoms with van der Waals surface area (Å²) in [4.78, 5) is 24.0. The van der Waals surface area contributed by atoms with Gasteiger partial charge < -0.3 is 25.3 Å². The molecule has 0 aliphatic carbocycles. The second-order valence-electron chi connectivity index (χ2n) is 7.15. The predicted octanol–water partition coefficient (Wildman–Crippen LogP) is 1.79. The monoisotopic (exact) mass is 455 g/mol. The first kappa shape index (κ1) is 21.7. The summed E-state index contributed by atoms with van der Waals surface area (Å²) < 4.78 is 69.5. The lowest BCUT2D eigenvalue weighted by molar-refractivity contribution is 0.00905. The molecule has 32 heavy (non-hydrogen) atoms. The Morgan fingerprint density at radius 3 is 2.78 bits per heavy atom. The van der Waals surface area contributed by atoms with Gasteiger partial charge in [0.25, 0.3) is 18.4 Å². The van der Waals surface area contributed by atoms with E-state index in [4.69, 9.17) is 19.9 Å². The molecule has 3 heterocycles. The second-order valence-corrected chi connectivity index (χ2v) is 7.15. The van der Waals surface area contributed by atoms with Gasteiger partial charge in [-0.2, -0.15) is 0 Å². The van der Waals surface area contributed by atoms with Gasteiger partial charge in [-0.25, -0.2) is 32.5 Å². The van der Waals surface area contributed by atoms with Crippen LogP contribution in [0, 0.1) is 5.82 Å². The molecule has 1 aromatic carbocycles. The molecule has 9 nitrogen and oxygen atoms in total. The van der Waals surface area contributed by atoms with Crippen molar-refractivity contribution >= 4 is 17.6 Å². The van der Waals surface area contributed by atoms with Gasteiger partial charge in [-0.05, 0) is 18.2 Å². The van der Waals surface area contributed by atoms with Crippen LogP contribution in [-0.2, 0) is 15.0 Å². The van der Waals surface area contributed by atoms with E-state index in [2.05, 4.69) is 20.3 Å². The molecule has 2 aliphatic rings. The molecule has 0 bridgehead atoms. The molecule has 0 radical (unpaired) electrons. The highest BCUT2D eigenvalue weighted by atomic mass is 19.3. The molecule has 1 fully saturated rings. The summed E-state index contributed by atoms with van der Waals surface area (Å²) >= 11 is 0. The van der Waals surface area contributed by atoms with Crippen molar-refractivity contribution in [1.29, 1.82) is 0 Å². The van der Waals surface area contributed by atoms with Gasteiger partial charge in [0.1, 0.15) is 18.1 Å². The fourth-order valence-corrected chi connectivity index (χ4v) is 3.46. The Morgan fingerprint density at radius 1 is 1.25 bits per heavy atom. The standard InChI is InChI=1S/C19H17F4N5O4/c20-12-2-1-10(27-16(29)13-4-26-15(5-25-13)31-6-14(21)22)3-11(12)19-9-30-7-18(19,23)8-32-17(24)28-19/h1-5,14H,6-9H2,(H2,24,28)(H,27,29)/t18-,19-/m1/s1. The lowest BCUT2D eigenvalue weighted by atomic mass is 9.78. The Hall–Kier alpha value is -3.48. The van der Waals surface area contributed by atoms with E-state index < -0.39 is 42.6 Å². The first-order valence-electron chi connectivity index (χ1n) is 9.32. The van der Waals surface area contributed by atoms with Gasteiger partial charge in [-0.1, -0.05) is 0 Å². The smallest absolute Gasteiger partial charge is 0.283 e. The van der Waals surface area contributed by atoms with Crippen molar-refractivity contribution in [3.8, 4) is 5.88 Å². The van der Waals surface area contributed by atoms with Gasteiger partial charge in [0.15, 0.2) is 17.8 Å². The second kappa shape index (κ2) is 8.22. The van der Waals surface area contributed by atoms with Crippen LogP contribution in [0.25, 0.3) is 0 Å². The van der Waals surface area contributed by atoms with E-state index in [1.807, 2.05) is 0 Å². The van der Waals surface area contributed by atoms with Crippen molar-refractivity contribution < 1.29 is 36.6 Å². The average Bonchev–Trinajstić information content (AvgIpc) is 3.11. The van der Waals surface area contributed by atoms with Crippen molar-refractivity contribution in [3.63, 3.8) is 0 Å². The number of aliphatic imine (C=N–C) groups is 1. The summed E-state index contributed by atoms with van der Waals surface area (Å²) in [6.07, 6.45) is -0.644. The maximum atomic E-state index is 15.5. The number of ether oxygens (including phenoxy) is 3. The number of nitrogens with one attached hydrogen (secondary N) is 1. The van der Waals surface area contributed by atoms with Gasteiger partial charge in [-0.15, -0.1) is 0 Å². The molecule has 4 rings (SSSR count). The van der Waals surface area contributed by atoms with Crippen LogP contribution in [0.3, 0.4) is 0 Å². The highest BCUT2D eigenvalue weighted by Gasteiger charge is 2.62. The van der Waals surface area contributed by atoms with Crippen molar-refractivity contribution in [2.75, 3.05) is 31.7 Å². The zero-order valence-corrected chi connectivity index (χ0v) is 16.4. The van der Waals surface area contributed by atoms with Crippen LogP contribution in [0.5, 0.6) is 5.88 Å². The summed E-state index contributed by atoms with van der Waals surface area (Å²) in [5.74, 6) is -1.67. The van der Waals surface area contributed by atoms with E-state index in [9.17, 15) is 18.0 Å². The Bertz CT molecular complexity index is 1050. The van der Waals surface area contributed by atoms with Crippen LogP contribution < -0.4 is 15.8 Å². The van der Waals surface area contributed by atoms with Gasteiger partial charge in [-0.3, -0.25) is 4.79 Å². The number of aromatic nitrogens is 2. The molecule has 1 amide bonds. The molecule has 2 atom stereocenters. The van der Waals surface area contributed by atoms with E-state index in [1.165, 1.54) is 12.1 Å². The normalized spacial score (nSPS) is 24.5. The fourth-order valence-electron chi connectivity index (χ4n) is 3.46. The van der Waals surface area contributed by atoms with E-state index in [1.54, 1.807) is 0 Å². The number of anilines is 1. The SMILES string of the molecule is NC1=N[C@@]2(c3cc(NC(=O)c4cnc(OCC(F)F)cn4)ccc3F)COC[C@@]2(F)CO1. The predicted molar refractivity (Wildman–Crippen MR) is 102 cm³/mol. The quantitative estimate of drug-likeness (QED) is 0.637. The Morgan fingerprint density at radius 2 is 2.06 bits per heavy atom. The highest BCUT2D eigenvalue weighted by Crippen LogP contribution is 2.48. The summed E-state index contributed by atoms with van der Waals surface area (Å²) in [6, 6.07) is 3.24. The maximum Gasteiger partial charge on any atom is 0.283 e. The largest absolute Gasteiger partial charge is 0.470 e. The number of halogens is 4. The highest BCUT2D eigenvalue weighted by molar-refractivity contribution is 6.02. The van der Waals surface area contributed by atoms with E-state index in [0.717, 1.165) is 18.5 Å². The topological polar surface area (TPSA) is 121 Å². The Balaban J connectivity index is 1.57. The van der Waals surface area contributed by atoms with Crippen LogP contribution in [0.4, 0.5) is 23.2 Å². The number of benzene rings is 1. The summed E-state index contributed by atoms with van der Waals surface area (Å²) in [6.45, 7) is -1.96. The zero-order chi connectivity index (χ0) is 22.9. The first-order valence-corrected chi connectivity index (χ1v) is 9.32. The zero-order valence-electron chi connectivity index (χ0n) is 16.4. The lowest BCUT2D eigenvalue weighted by Crippen LogP contribution is -2.55. The third-order valence-electron chi connectivity index (χ3n) is 5.02. The number of rotatable bonds is 6. The minimum Gasteiger partial charge on any atom is -0.470 e. The molecule has 3 N–H and O–H groups in total. The van der Waals surface area contributed by atoms with Gasteiger partial charge in [0.2, 0.25) is 5.88 Å². The van der Waals surface area contributed by atoms with Gasteiger partial charge >= 0.3 is 0 Å². The average molecular weight is 455 g/mol. The molecule has 1 saturated heterocycles. The molecule has 0 spiro atoms. The molecule has 13 heteroatoms. The van der Waals surface area contributed by atoms with E-state index in [-0.39, 0.29) is 42.1 Å². The van der Waals surface area contributed by atoms with Crippen molar-refractivity contribution in [2.45, 2.75) is 17.6 Å². The molecule has 1 aromatic heterocycles. The molecule has 2 aliphatic heterocycles. The molecule has 0 unspecified atom stereocenters. The molecular formula is C19H17F4N5O4. The van der Waals surface area contributed by atoms with Crippen LogP contribution in [-0.4, -0.2) is 60.4 Å². The minimum absolute atomic E-state index is 0.120. The number of fused-ring (bicyclic) bond motifs is 1. The van der Waals surface area contributed by atoms with Crippen molar-refractivity contribution in [3.05, 3.63) is 47.7 Å². The number of nitrogens with two attached hydrogens (primary N) is 1.